The molecule has 20 heavy (non-hydrogen) atoms. The topological polar surface area (TPSA) is 118 Å². The number of hydrogen-bond donors (Lipinski definition) is 3. The van der Waals surface area contributed by atoms with Crippen molar-refractivity contribution in [2.75, 3.05) is 5.32 Å². The minimum Gasteiger partial charge on any atom is -0.506 e. The van der Waals surface area contributed by atoms with E-state index in [1.54, 1.807) is 5.32 Å². The van der Waals surface area contributed by atoms with Gasteiger partial charge in [-0.2, -0.15) is 13.2 Å². The summed E-state index contributed by atoms with van der Waals surface area (Å²) in [5, 5.41) is 21.6. The summed E-state index contributed by atoms with van der Waals surface area (Å²) in [6.07, 6.45) is -4.99. The molecule has 0 aromatic heterocycles. The number of alkyl halides is 3. The van der Waals surface area contributed by atoms with Crippen LogP contribution in [0.1, 0.15) is 6.92 Å². The number of phenolic OH excluding ortho intramolecular Hbond substituents is 1. The minimum absolute atomic E-state index is 0.415. The summed E-state index contributed by atoms with van der Waals surface area (Å²) in [4.78, 5) is 21.1. The third-order valence-corrected chi connectivity index (χ3v) is 2.50. The smallest absolute Gasteiger partial charge is 0.415 e. The number of aromatic hydroxyl groups is 1. The van der Waals surface area contributed by atoms with Crippen LogP contribution in [0.25, 0.3) is 0 Å². The van der Waals surface area contributed by atoms with Crippen LogP contribution in [0.3, 0.4) is 0 Å². The summed E-state index contributed by atoms with van der Waals surface area (Å²) < 4.78 is 37.6. The molecule has 110 valence electrons. The van der Waals surface area contributed by atoms with Crippen molar-refractivity contribution < 1.29 is 28.0 Å². The second kappa shape index (κ2) is 4.96. The second-order valence-corrected chi connectivity index (χ2v) is 4.11. The minimum atomic E-state index is -4.99. The van der Waals surface area contributed by atoms with E-state index in [0.717, 1.165) is 12.1 Å². The lowest BCUT2D eigenvalue weighted by molar-refractivity contribution is -0.384. The van der Waals surface area contributed by atoms with Crippen LogP contribution < -0.4 is 11.1 Å². The van der Waals surface area contributed by atoms with Crippen LogP contribution in [-0.4, -0.2) is 27.7 Å². The predicted molar refractivity (Wildman–Crippen MR) is 62.0 cm³/mol. The van der Waals surface area contributed by atoms with E-state index in [1.165, 1.54) is 0 Å². The number of halogens is 3. The van der Waals surface area contributed by atoms with Gasteiger partial charge in [0.1, 0.15) is 5.75 Å². The van der Waals surface area contributed by atoms with Crippen LogP contribution in [0.4, 0.5) is 24.5 Å². The van der Waals surface area contributed by atoms with Crippen LogP contribution in [0.5, 0.6) is 5.75 Å². The Morgan fingerprint density at radius 3 is 2.40 bits per heavy atom. The standard InChI is InChI=1S/C10H10F3N3O4/c1-9(14,10(11,12)13)8(18)15-6-3-2-5(16(19)20)4-7(6)17/h2-4,17H,14H2,1H3,(H,15,18). The monoisotopic (exact) mass is 293 g/mol. The number of nitrogens with two attached hydrogens (primary N) is 1. The summed E-state index contributed by atoms with van der Waals surface area (Å²) in [5.41, 5.74) is 0.826. The number of carbonyl (C=O) groups is 1. The third kappa shape index (κ3) is 2.96. The molecule has 0 fully saturated rings. The Morgan fingerprint density at radius 1 is 1.45 bits per heavy atom. The number of anilines is 1. The van der Waals surface area contributed by atoms with Crippen molar-refractivity contribution in [1.29, 1.82) is 0 Å². The highest BCUT2D eigenvalue weighted by molar-refractivity contribution is 5.99. The van der Waals surface area contributed by atoms with Gasteiger partial charge in [0.2, 0.25) is 0 Å². The number of phenols is 1. The van der Waals surface area contributed by atoms with Gasteiger partial charge in [0.25, 0.3) is 11.6 Å². The fourth-order valence-electron chi connectivity index (χ4n) is 1.12. The summed E-state index contributed by atoms with van der Waals surface area (Å²) >= 11 is 0. The number of nitrogens with one attached hydrogen (secondary N) is 1. The van der Waals surface area contributed by atoms with E-state index >= 15 is 0 Å². The third-order valence-electron chi connectivity index (χ3n) is 2.50. The van der Waals surface area contributed by atoms with Crippen LogP contribution in [0.15, 0.2) is 18.2 Å². The zero-order valence-electron chi connectivity index (χ0n) is 10.1. The molecule has 0 saturated carbocycles. The number of nitro groups is 1. The summed E-state index contributed by atoms with van der Waals surface area (Å²) in [6.45, 7) is 0.463. The van der Waals surface area contributed by atoms with Crippen molar-refractivity contribution in [2.24, 2.45) is 5.73 Å². The summed E-state index contributed by atoms with van der Waals surface area (Å²) in [6, 6.07) is 2.51. The molecule has 10 heteroatoms. The maximum absolute atomic E-state index is 12.5. The number of hydrogen-bond acceptors (Lipinski definition) is 5. The van der Waals surface area contributed by atoms with E-state index in [1.807, 2.05) is 0 Å². The van der Waals surface area contributed by atoms with Gasteiger partial charge in [-0.3, -0.25) is 14.9 Å². The van der Waals surface area contributed by atoms with Gasteiger partial charge in [-0.1, -0.05) is 0 Å². The Balaban J connectivity index is 3.00. The van der Waals surface area contributed by atoms with Gasteiger partial charge in [-0.05, 0) is 13.0 Å². The van der Waals surface area contributed by atoms with Crippen molar-refractivity contribution in [3.8, 4) is 5.75 Å². The summed E-state index contributed by atoms with van der Waals surface area (Å²) in [5.74, 6) is -2.35. The molecule has 0 aliphatic heterocycles. The van der Waals surface area contributed by atoms with Gasteiger partial charge in [-0.15, -0.1) is 0 Å². The molecule has 0 aliphatic carbocycles. The molecule has 0 heterocycles. The van der Waals surface area contributed by atoms with E-state index in [-0.39, 0.29) is 0 Å². The maximum atomic E-state index is 12.5. The molecular formula is C10H10F3N3O4. The number of nitro benzene ring substituents is 1. The Labute approximate surface area is 110 Å². The highest BCUT2D eigenvalue weighted by atomic mass is 19.4. The highest BCUT2D eigenvalue weighted by Gasteiger charge is 2.54. The first-order chi connectivity index (χ1) is 8.96. The lowest BCUT2D eigenvalue weighted by atomic mass is 10.0. The molecule has 0 radical (unpaired) electrons. The molecule has 1 rings (SSSR count). The number of amides is 1. The lowest BCUT2D eigenvalue weighted by Crippen LogP contribution is -2.59. The van der Waals surface area contributed by atoms with Gasteiger partial charge in [0.15, 0.2) is 5.54 Å². The second-order valence-electron chi connectivity index (χ2n) is 4.11. The predicted octanol–water partition coefficient (Wildman–Crippen LogP) is 1.52. The number of carbonyl (C=O) groups excluding carboxylic acids is 1. The maximum Gasteiger partial charge on any atom is 0.415 e. The largest absolute Gasteiger partial charge is 0.506 e. The Morgan fingerprint density at radius 2 is 2.00 bits per heavy atom. The normalized spacial score (nSPS) is 14.4. The van der Waals surface area contributed by atoms with E-state index < -0.39 is 39.7 Å². The molecule has 0 aliphatic rings. The van der Waals surface area contributed by atoms with Gasteiger partial charge in [0, 0.05) is 6.07 Å². The number of benzene rings is 1. The molecule has 1 aromatic rings. The Kier molecular flexibility index (Phi) is 3.89. The number of rotatable bonds is 3. The van der Waals surface area contributed by atoms with Crippen LogP contribution in [0.2, 0.25) is 0 Å². The summed E-state index contributed by atoms with van der Waals surface area (Å²) in [7, 11) is 0. The fraction of sp³-hybridized carbons (Fsp3) is 0.300. The Bertz CT molecular complexity index is 557. The van der Waals surface area contributed by atoms with Gasteiger partial charge < -0.3 is 16.2 Å². The molecule has 1 amide bonds. The molecular weight excluding hydrogens is 283 g/mol. The highest BCUT2D eigenvalue weighted by Crippen LogP contribution is 2.32. The van der Waals surface area contributed by atoms with Gasteiger partial charge in [0.05, 0.1) is 16.7 Å². The molecule has 1 unspecified atom stereocenters. The van der Waals surface area contributed by atoms with Crippen molar-refractivity contribution in [3.63, 3.8) is 0 Å². The SMILES string of the molecule is CC(N)(C(=O)Nc1ccc([N+](=O)[O-])cc1O)C(F)(F)F. The van der Waals surface area contributed by atoms with E-state index in [0.29, 0.717) is 13.0 Å². The molecule has 0 bridgehead atoms. The average Bonchev–Trinajstić information content (AvgIpc) is 2.29. The zero-order valence-corrected chi connectivity index (χ0v) is 10.1. The molecule has 1 aromatic carbocycles. The van der Waals surface area contributed by atoms with Crippen molar-refractivity contribution in [2.45, 2.75) is 18.6 Å². The van der Waals surface area contributed by atoms with Crippen LogP contribution >= 0.6 is 0 Å². The molecule has 7 nitrogen and oxygen atoms in total. The van der Waals surface area contributed by atoms with Crippen LogP contribution in [-0.2, 0) is 4.79 Å². The number of nitrogens with zero attached hydrogens (tertiary/aromatic N) is 1. The van der Waals surface area contributed by atoms with E-state index in [4.69, 9.17) is 5.73 Å². The first kappa shape index (κ1) is 15.7. The molecule has 1 atom stereocenters. The lowest BCUT2D eigenvalue weighted by Gasteiger charge is -2.26. The first-order valence-corrected chi connectivity index (χ1v) is 5.11. The van der Waals surface area contributed by atoms with Crippen molar-refractivity contribution >= 4 is 17.3 Å². The zero-order chi connectivity index (χ0) is 15.7. The van der Waals surface area contributed by atoms with Crippen LogP contribution in [0, 0.1) is 10.1 Å². The van der Waals surface area contributed by atoms with E-state index in [2.05, 4.69) is 0 Å². The fourth-order valence-corrected chi connectivity index (χ4v) is 1.12. The molecule has 0 spiro atoms. The van der Waals surface area contributed by atoms with E-state index in [9.17, 15) is 33.2 Å². The molecule has 0 saturated heterocycles. The Hall–Kier alpha value is -2.36. The van der Waals surface area contributed by atoms with Crippen molar-refractivity contribution in [1.82, 2.24) is 0 Å². The van der Waals surface area contributed by atoms with Gasteiger partial charge >= 0.3 is 6.18 Å². The quantitative estimate of drug-likeness (QED) is 0.443. The van der Waals surface area contributed by atoms with Crippen molar-refractivity contribution in [3.05, 3.63) is 28.3 Å². The number of non-ortho nitro benzene ring substituents is 1. The molecule has 4 N–H and O–H groups in total. The first-order valence-electron chi connectivity index (χ1n) is 5.11. The average molecular weight is 293 g/mol. The van der Waals surface area contributed by atoms with Gasteiger partial charge in [-0.25, -0.2) is 0 Å².